The average molecular weight is 645 g/mol. The van der Waals surface area contributed by atoms with Gasteiger partial charge in [-0.05, 0) is 53.8 Å². The number of hydrogen-bond acceptors (Lipinski definition) is 5. The van der Waals surface area contributed by atoms with Crippen molar-refractivity contribution in [1.82, 2.24) is 5.32 Å². The van der Waals surface area contributed by atoms with Gasteiger partial charge in [0.25, 0.3) is 0 Å². The standard InChI is InChI=1S/C22H22Cl2F2N2.C12H15NO3/c1-21(2,3)10-19-22(12-27,15-8-7-13(23)9-18(15)25)16(11-28-19)14-5-4-6-17(24)20(14)26;1-8(2)12(15)9-4-5-10(13-7-14)11(6-9)16-3/h4-9,16,19,28H,10-11H2,1-3H3;4-8H,1-3H3,(H,13,14)/t16?,19?,22-;/m1./s1. The monoisotopic (exact) mass is 643 g/mol. The minimum absolute atomic E-state index is 0.0137. The topological polar surface area (TPSA) is 91.2 Å². The smallest absolute Gasteiger partial charge is 0.211 e. The van der Waals surface area contributed by atoms with Crippen molar-refractivity contribution in [3.63, 3.8) is 0 Å². The molecule has 1 saturated heterocycles. The second-order valence-electron chi connectivity index (χ2n) is 12.2. The van der Waals surface area contributed by atoms with E-state index in [1.807, 2.05) is 13.8 Å². The molecule has 1 fully saturated rings. The first-order valence-electron chi connectivity index (χ1n) is 14.2. The summed E-state index contributed by atoms with van der Waals surface area (Å²) in [4.78, 5) is 22.1. The van der Waals surface area contributed by atoms with Gasteiger partial charge in [-0.25, -0.2) is 8.78 Å². The van der Waals surface area contributed by atoms with Gasteiger partial charge >= 0.3 is 0 Å². The van der Waals surface area contributed by atoms with E-state index in [4.69, 9.17) is 27.9 Å². The van der Waals surface area contributed by atoms with E-state index in [-0.39, 0.29) is 38.8 Å². The summed E-state index contributed by atoms with van der Waals surface area (Å²) < 4.78 is 35.0. The van der Waals surface area contributed by atoms with Gasteiger partial charge in [0.05, 0.1) is 23.9 Å². The molecule has 2 N–H and O–H groups in total. The second kappa shape index (κ2) is 14.5. The summed E-state index contributed by atoms with van der Waals surface area (Å²) in [5.74, 6) is -1.26. The first-order chi connectivity index (χ1) is 20.7. The van der Waals surface area contributed by atoms with Crippen molar-refractivity contribution >= 4 is 41.1 Å². The minimum Gasteiger partial charge on any atom is -0.495 e. The van der Waals surface area contributed by atoms with Crippen LogP contribution in [0.1, 0.15) is 68.4 Å². The zero-order valence-corrected chi connectivity index (χ0v) is 27.1. The molecule has 0 saturated carbocycles. The predicted octanol–water partition coefficient (Wildman–Crippen LogP) is 8.33. The van der Waals surface area contributed by atoms with Gasteiger partial charge in [0.2, 0.25) is 6.41 Å². The van der Waals surface area contributed by atoms with Gasteiger partial charge in [-0.2, -0.15) is 5.26 Å². The molecule has 3 aromatic carbocycles. The third kappa shape index (κ3) is 7.58. The van der Waals surface area contributed by atoms with E-state index in [0.29, 0.717) is 41.9 Å². The molecular weight excluding hydrogens is 607 g/mol. The quantitative estimate of drug-likeness (QED) is 0.190. The highest BCUT2D eigenvalue weighted by molar-refractivity contribution is 6.31. The normalized spacial score (nSPS) is 19.5. The molecule has 3 aromatic rings. The van der Waals surface area contributed by atoms with Gasteiger partial charge in [0, 0.05) is 40.6 Å². The van der Waals surface area contributed by atoms with E-state index < -0.39 is 23.0 Å². The van der Waals surface area contributed by atoms with Crippen LogP contribution in [0.15, 0.2) is 54.6 Å². The fraction of sp³-hybridized carbons (Fsp3) is 0.382. The number of nitrogens with one attached hydrogen (secondary N) is 2. The van der Waals surface area contributed by atoms with Crippen LogP contribution < -0.4 is 15.4 Å². The molecule has 0 spiro atoms. The molecule has 10 heteroatoms. The number of rotatable bonds is 8. The van der Waals surface area contributed by atoms with Crippen molar-refractivity contribution in [2.75, 3.05) is 19.0 Å². The molecule has 2 unspecified atom stereocenters. The number of anilines is 1. The van der Waals surface area contributed by atoms with E-state index in [9.17, 15) is 19.2 Å². The highest BCUT2D eigenvalue weighted by Gasteiger charge is 2.55. The van der Waals surface area contributed by atoms with Crippen molar-refractivity contribution in [3.8, 4) is 11.8 Å². The number of ketones is 1. The maximum Gasteiger partial charge on any atom is 0.211 e. The summed E-state index contributed by atoms with van der Waals surface area (Å²) in [6.45, 7) is 10.2. The average Bonchev–Trinajstić information content (AvgIpc) is 3.31. The van der Waals surface area contributed by atoms with Crippen molar-refractivity contribution < 1.29 is 23.1 Å². The van der Waals surface area contributed by atoms with Crippen LogP contribution in [0, 0.1) is 34.3 Å². The Morgan fingerprint density at radius 3 is 2.45 bits per heavy atom. The summed E-state index contributed by atoms with van der Waals surface area (Å²) in [6, 6.07) is 16.0. The van der Waals surface area contributed by atoms with Crippen LogP contribution in [0.2, 0.25) is 10.0 Å². The first-order valence-corrected chi connectivity index (χ1v) is 14.9. The van der Waals surface area contributed by atoms with Gasteiger partial charge in [-0.3, -0.25) is 9.59 Å². The summed E-state index contributed by atoms with van der Waals surface area (Å²) in [5.41, 5.74) is 0.259. The van der Waals surface area contributed by atoms with Crippen LogP contribution in [0.25, 0.3) is 0 Å². The van der Waals surface area contributed by atoms with Gasteiger partial charge in [0.1, 0.15) is 22.8 Å². The van der Waals surface area contributed by atoms with Crippen LogP contribution in [-0.2, 0) is 10.2 Å². The summed E-state index contributed by atoms with van der Waals surface area (Å²) in [7, 11) is 1.49. The lowest BCUT2D eigenvalue weighted by Crippen LogP contribution is -2.44. The fourth-order valence-electron chi connectivity index (χ4n) is 5.59. The Bertz CT molecular complexity index is 1550. The molecule has 44 heavy (non-hydrogen) atoms. The Kier molecular flexibility index (Phi) is 11.5. The number of carbonyl (C=O) groups excluding carboxylic acids is 2. The molecule has 0 aliphatic carbocycles. The fourth-order valence-corrected chi connectivity index (χ4v) is 5.93. The lowest BCUT2D eigenvalue weighted by Gasteiger charge is -2.37. The van der Waals surface area contributed by atoms with Crippen molar-refractivity contribution in [2.24, 2.45) is 11.3 Å². The van der Waals surface area contributed by atoms with Crippen molar-refractivity contribution in [2.45, 2.75) is 58.4 Å². The Hall–Kier alpha value is -3.51. The number of ether oxygens (including phenoxy) is 1. The summed E-state index contributed by atoms with van der Waals surface area (Å²) in [5, 5.41) is 16.5. The van der Waals surface area contributed by atoms with Crippen LogP contribution in [0.5, 0.6) is 5.75 Å². The summed E-state index contributed by atoms with van der Waals surface area (Å²) >= 11 is 11.9. The molecule has 1 heterocycles. The highest BCUT2D eigenvalue weighted by Crippen LogP contribution is 2.50. The van der Waals surface area contributed by atoms with E-state index in [1.165, 1.54) is 19.2 Å². The third-order valence-electron chi connectivity index (χ3n) is 7.63. The zero-order chi connectivity index (χ0) is 32.8. The number of benzene rings is 3. The highest BCUT2D eigenvalue weighted by atomic mass is 35.5. The minimum atomic E-state index is -1.30. The Labute approximate surface area is 267 Å². The number of nitriles is 1. The van der Waals surface area contributed by atoms with E-state index >= 15 is 4.39 Å². The maximum atomic E-state index is 15.0. The first kappa shape index (κ1) is 35.0. The number of Topliss-reactive ketones (excluding diaryl/α,β-unsaturated/α-hetero) is 1. The molecule has 0 radical (unpaired) electrons. The molecule has 3 atom stereocenters. The Morgan fingerprint density at radius 2 is 1.89 bits per heavy atom. The van der Waals surface area contributed by atoms with Gasteiger partial charge in [-0.15, -0.1) is 0 Å². The van der Waals surface area contributed by atoms with Crippen LogP contribution in [0.4, 0.5) is 14.5 Å². The molecular formula is C34H37Cl2F2N3O3. The number of carbonyl (C=O) groups is 2. The molecule has 1 aliphatic rings. The van der Waals surface area contributed by atoms with Crippen LogP contribution in [-0.4, -0.2) is 31.9 Å². The van der Waals surface area contributed by atoms with Crippen molar-refractivity contribution in [3.05, 3.63) is 93.0 Å². The number of hydrogen-bond donors (Lipinski definition) is 2. The van der Waals surface area contributed by atoms with Gasteiger partial charge in [0.15, 0.2) is 5.78 Å². The van der Waals surface area contributed by atoms with E-state index in [1.54, 1.807) is 42.5 Å². The Morgan fingerprint density at radius 1 is 1.18 bits per heavy atom. The molecule has 6 nitrogen and oxygen atoms in total. The van der Waals surface area contributed by atoms with Crippen LogP contribution in [0.3, 0.4) is 0 Å². The molecule has 4 rings (SSSR count). The summed E-state index contributed by atoms with van der Waals surface area (Å²) in [6.07, 6.45) is 1.18. The number of amides is 1. The van der Waals surface area contributed by atoms with Crippen LogP contribution >= 0.6 is 23.2 Å². The Balaban J connectivity index is 0.000000281. The molecule has 1 aliphatic heterocycles. The predicted molar refractivity (Wildman–Crippen MR) is 171 cm³/mol. The number of methoxy groups -OCH3 is 1. The third-order valence-corrected chi connectivity index (χ3v) is 8.15. The van der Waals surface area contributed by atoms with E-state index in [0.717, 1.165) is 0 Å². The second-order valence-corrected chi connectivity index (χ2v) is 13.1. The van der Waals surface area contributed by atoms with Gasteiger partial charge < -0.3 is 15.4 Å². The largest absolute Gasteiger partial charge is 0.495 e. The molecule has 0 aromatic heterocycles. The number of nitrogens with zero attached hydrogens (tertiary/aromatic N) is 1. The zero-order valence-electron chi connectivity index (χ0n) is 25.6. The number of halogens is 4. The van der Waals surface area contributed by atoms with Gasteiger partial charge in [-0.1, -0.05) is 76.0 Å². The maximum absolute atomic E-state index is 15.0. The van der Waals surface area contributed by atoms with E-state index in [2.05, 4.69) is 37.5 Å². The van der Waals surface area contributed by atoms with Crippen molar-refractivity contribution in [1.29, 1.82) is 5.26 Å². The SMILES string of the molecule is CC(C)(C)CC1NCC(c2cccc(Cl)c2F)[C@@]1(C#N)c1ccc(Cl)cc1F.COc1cc(C(=O)C(C)C)ccc1NC=O. The lowest BCUT2D eigenvalue weighted by atomic mass is 9.64. The molecule has 1 amide bonds. The molecule has 234 valence electrons. The molecule has 0 bridgehead atoms. The lowest BCUT2D eigenvalue weighted by molar-refractivity contribution is -0.105.